The number of hydrogen-bond acceptors (Lipinski definition) is 4. The Morgan fingerprint density at radius 1 is 1.00 bits per heavy atom. The van der Waals surface area contributed by atoms with Crippen molar-refractivity contribution in [3.63, 3.8) is 0 Å². The maximum absolute atomic E-state index is 10.4. The molecule has 0 spiro atoms. The van der Waals surface area contributed by atoms with Crippen LogP contribution in [-0.2, 0) is 13.0 Å². The SMILES string of the molecule is Oc1cccc(CN2C[C@@H](Cc3ccc4ccccc4n3)[C@H](O)C2)c1. The highest BCUT2D eigenvalue weighted by atomic mass is 16.3. The van der Waals surface area contributed by atoms with Gasteiger partial charge in [0.2, 0.25) is 0 Å². The third-order valence-corrected chi connectivity index (χ3v) is 4.93. The molecule has 0 unspecified atom stereocenters. The van der Waals surface area contributed by atoms with Gasteiger partial charge >= 0.3 is 0 Å². The van der Waals surface area contributed by atoms with Crippen molar-refractivity contribution in [1.82, 2.24) is 9.88 Å². The number of aromatic nitrogens is 1. The molecule has 1 saturated heterocycles. The van der Waals surface area contributed by atoms with Gasteiger partial charge in [0, 0.05) is 36.6 Å². The number of pyridine rings is 1. The molecule has 1 aromatic heterocycles. The monoisotopic (exact) mass is 334 g/mol. The Morgan fingerprint density at radius 3 is 2.76 bits per heavy atom. The molecular weight excluding hydrogens is 312 g/mol. The number of aromatic hydroxyl groups is 1. The number of phenols is 1. The molecular formula is C21H22N2O2. The number of phenolic OH excluding ortho intramolecular Hbond substituents is 1. The number of benzene rings is 2. The molecule has 4 rings (SSSR count). The van der Waals surface area contributed by atoms with Crippen molar-refractivity contribution in [3.8, 4) is 5.75 Å². The molecule has 128 valence electrons. The second-order valence-corrected chi connectivity index (χ2v) is 6.89. The summed E-state index contributed by atoms with van der Waals surface area (Å²) in [6, 6.07) is 19.6. The van der Waals surface area contributed by atoms with Crippen LogP contribution in [0.2, 0.25) is 0 Å². The standard InChI is InChI=1S/C21H22N2O2/c24-19-6-3-4-15(10-19)12-23-13-17(21(25)14-23)11-18-9-8-16-5-1-2-7-20(16)22-18/h1-10,17,21,24-25H,11-14H2/t17-,21-/m1/s1. The Kier molecular flexibility index (Phi) is 4.38. The van der Waals surface area contributed by atoms with Crippen LogP contribution in [0, 0.1) is 5.92 Å². The quantitative estimate of drug-likeness (QED) is 0.770. The summed E-state index contributed by atoms with van der Waals surface area (Å²) in [6.07, 6.45) is 0.438. The van der Waals surface area contributed by atoms with E-state index in [0.717, 1.165) is 41.7 Å². The van der Waals surface area contributed by atoms with E-state index in [1.165, 1.54) is 0 Å². The Morgan fingerprint density at radius 2 is 1.88 bits per heavy atom. The fraction of sp³-hybridized carbons (Fsp3) is 0.286. The number of rotatable bonds is 4. The Balaban J connectivity index is 1.44. The molecule has 1 aliphatic rings. The van der Waals surface area contributed by atoms with Gasteiger partial charge in [0.05, 0.1) is 11.6 Å². The Labute approximate surface area is 147 Å². The molecule has 2 N–H and O–H groups in total. The van der Waals surface area contributed by atoms with E-state index in [4.69, 9.17) is 4.98 Å². The van der Waals surface area contributed by atoms with Crippen LogP contribution in [0.1, 0.15) is 11.3 Å². The zero-order valence-electron chi connectivity index (χ0n) is 14.0. The van der Waals surface area contributed by atoms with E-state index in [0.29, 0.717) is 6.54 Å². The lowest BCUT2D eigenvalue weighted by Gasteiger charge is -2.16. The Hall–Kier alpha value is -2.43. The van der Waals surface area contributed by atoms with Crippen LogP contribution in [0.4, 0.5) is 0 Å². The molecule has 1 fully saturated rings. The number of aliphatic hydroxyl groups excluding tert-OH is 1. The van der Waals surface area contributed by atoms with Gasteiger partial charge in [0.1, 0.15) is 5.75 Å². The Bertz CT molecular complexity index is 880. The molecule has 0 amide bonds. The van der Waals surface area contributed by atoms with Gasteiger partial charge in [-0.05, 0) is 36.2 Å². The third-order valence-electron chi connectivity index (χ3n) is 4.93. The van der Waals surface area contributed by atoms with Crippen molar-refractivity contribution in [2.24, 2.45) is 5.92 Å². The van der Waals surface area contributed by atoms with Crippen molar-refractivity contribution in [2.75, 3.05) is 13.1 Å². The molecule has 0 bridgehead atoms. The first kappa shape index (κ1) is 16.1. The molecule has 2 aromatic carbocycles. The zero-order valence-corrected chi connectivity index (χ0v) is 14.0. The van der Waals surface area contributed by atoms with E-state index in [1.54, 1.807) is 12.1 Å². The summed E-state index contributed by atoms with van der Waals surface area (Å²) >= 11 is 0. The lowest BCUT2D eigenvalue weighted by Crippen LogP contribution is -2.21. The predicted molar refractivity (Wildman–Crippen MR) is 98.3 cm³/mol. The molecule has 3 aromatic rings. The van der Waals surface area contributed by atoms with E-state index in [1.807, 2.05) is 30.3 Å². The van der Waals surface area contributed by atoms with Crippen LogP contribution < -0.4 is 0 Å². The van der Waals surface area contributed by atoms with Gasteiger partial charge in [0.25, 0.3) is 0 Å². The minimum Gasteiger partial charge on any atom is -0.508 e. The van der Waals surface area contributed by atoms with Crippen LogP contribution in [0.25, 0.3) is 10.9 Å². The van der Waals surface area contributed by atoms with Crippen molar-refractivity contribution >= 4 is 10.9 Å². The normalized spacial score (nSPS) is 21.0. The highest BCUT2D eigenvalue weighted by molar-refractivity contribution is 5.78. The molecule has 4 nitrogen and oxygen atoms in total. The van der Waals surface area contributed by atoms with Gasteiger partial charge in [-0.25, -0.2) is 0 Å². The molecule has 25 heavy (non-hydrogen) atoms. The van der Waals surface area contributed by atoms with E-state index >= 15 is 0 Å². The van der Waals surface area contributed by atoms with E-state index in [2.05, 4.69) is 23.1 Å². The van der Waals surface area contributed by atoms with Crippen molar-refractivity contribution in [2.45, 2.75) is 19.1 Å². The van der Waals surface area contributed by atoms with E-state index in [9.17, 15) is 10.2 Å². The third kappa shape index (κ3) is 3.65. The summed E-state index contributed by atoms with van der Waals surface area (Å²) in [6.45, 7) is 2.24. The topological polar surface area (TPSA) is 56.6 Å². The summed E-state index contributed by atoms with van der Waals surface area (Å²) < 4.78 is 0. The molecule has 0 radical (unpaired) electrons. The second kappa shape index (κ2) is 6.82. The smallest absolute Gasteiger partial charge is 0.115 e. The van der Waals surface area contributed by atoms with Gasteiger partial charge in [0.15, 0.2) is 0 Å². The summed E-state index contributed by atoms with van der Waals surface area (Å²) in [4.78, 5) is 6.97. The molecule has 0 saturated carbocycles. The molecule has 2 heterocycles. The number of likely N-dealkylation sites (tertiary alicyclic amines) is 1. The lowest BCUT2D eigenvalue weighted by atomic mass is 9.99. The number of β-amino-alcohol motifs (C(OH)–C–C–N with tert-alkyl or cyclic N) is 1. The number of nitrogens with zero attached hydrogens (tertiary/aromatic N) is 2. The highest BCUT2D eigenvalue weighted by Gasteiger charge is 2.31. The average Bonchev–Trinajstić information content (AvgIpc) is 2.94. The number of aliphatic hydroxyl groups is 1. The maximum Gasteiger partial charge on any atom is 0.115 e. The highest BCUT2D eigenvalue weighted by Crippen LogP contribution is 2.24. The maximum atomic E-state index is 10.4. The summed E-state index contributed by atoms with van der Waals surface area (Å²) in [5.41, 5.74) is 3.10. The largest absolute Gasteiger partial charge is 0.508 e. The van der Waals surface area contributed by atoms with Crippen molar-refractivity contribution in [1.29, 1.82) is 0 Å². The first-order chi connectivity index (χ1) is 12.2. The number of para-hydroxylation sites is 1. The molecule has 2 atom stereocenters. The van der Waals surface area contributed by atoms with Crippen LogP contribution in [0.15, 0.2) is 60.7 Å². The minimum atomic E-state index is -0.342. The zero-order chi connectivity index (χ0) is 17.2. The van der Waals surface area contributed by atoms with Crippen molar-refractivity contribution < 1.29 is 10.2 Å². The fourth-order valence-electron chi connectivity index (χ4n) is 3.67. The number of fused-ring (bicyclic) bond motifs is 1. The molecule has 0 aliphatic carbocycles. The summed E-state index contributed by atoms with van der Waals surface area (Å²) in [5.74, 6) is 0.472. The average molecular weight is 334 g/mol. The lowest BCUT2D eigenvalue weighted by molar-refractivity contribution is 0.140. The van der Waals surface area contributed by atoms with Gasteiger partial charge in [-0.15, -0.1) is 0 Å². The van der Waals surface area contributed by atoms with E-state index < -0.39 is 0 Å². The van der Waals surface area contributed by atoms with E-state index in [-0.39, 0.29) is 17.8 Å². The first-order valence-electron chi connectivity index (χ1n) is 8.70. The van der Waals surface area contributed by atoms with Crippen LogP contribution >= 0.6 is 0 Å². The van der Waals surface area contributed by atoms with Crippen LogP contribution in [0.3, 0.4) is 0 Å². The van der Waals surface area contributed by atoms with Gasteiger partial charge in [-0.3, -0.25) is 9.88 Å². The van der Waals surface area contributed by atoms with Crippen molar-refractivity contribution in [3.05, 3.63) is 71.9 Å². The fourth-order valence-corrected chi connectivity index (χ4v) is 3.67. The summed E-state index contributed by atoms with van der Waals surface area (Å²) in [7, 11) is 0. The van der Waals surface area contributed by atoms with Gasteiger partial charge < -0.3 is 10.2 Å². The molecule has 1 aliphatic heterocycles. The van der Waals surface area contributed by atoms with Gasteiger partial charge in [-0.1, -0.05) is 36.4 Å². The van der Waals surface area contributed by atoms with Crippen LogP contribution in [-0.4, -0.2) is 39.3 Å². The molecule has 4 heteroatoms. The first-order valence-corrected chi connectivity index (χ1v) is 8.70. The van der Waals surface area contributed by atoms with Gasteiger partial charge in [-0.2, -0.15) is 0 Å². The van der Waals surface area contributed by atoms with Crippen LogP contribution in [0.5, 0.6) is 5.75 Å². The number of hydrogen-bond donors (Lipinski definition) is 2. The summed E-state index contributed by atoms with van der Waals surface area (Å²) in [5, 5.41) is 21.2. The second-order valence-electron chi connectivity index (χ2n) is 6.89. The minimum absolute atomic E-state index is 0.186. The predicted octanol–water partition coefficient (Wildman–Crippen LogP) is 2.98.